The van der Waals surface area contributed by atoms with Crippen molar-refractivity contribution >= 4 is 44.7 Å². The summed E-state index contributed by atoms with van der Waals surface area (Å²) in [7, 11) is -1.22. The van der Waals surface area contributed by atoms with Crippen LogP contribution in [-0.2, 0) is 24.4 Å². The molecule has 2 saturated carbocycles. The largest absolute Gasteiger partial charge is 0.494 e. The Balaban J connectivity index is 1.37. The number of hydrogen-bond donors (Lipinski definition) is 4. The first kappa shape index (κ1) is 38.1. The van der Waals surface area contributed by atoms with E-state index in [9.17, 15) is 37.1 Å². The molecule has 4 aliphatic rings. The van der Waals surface area contributed by atoms with Crippen molar-refractivity contribution in [1.29, 1.82) is 0 Å². The predicted molar refractivity (Wildman–Crippen MR) is 189 cm³/mol. The molecule has 4 N–H and O–H groups in total. The minimum absolute atomic E-state index is 0.0499. The van der Waals surface area contributed by atoms with Gasteiger partial charge in [-0.15, -0.1) is 0 Å². The molecule has 0 bridgehead atoms. The fourth-order valence-electron chi connectivity index (χ4n) is 7.56. The van der Waals surface area contributed by atoms with Gasteiger partial charge in [-0.2, -0.15) is 0 Å². The molecule has 3 fully saturated rings. The Morgan fingerprint density at radius 1 is 1.11 bits per heavy atom. The van der Waals surface area contributed by atoms with Crippen LogP contribution in [0.25, 0.3) is 10.9 Å². The van der Waals surface area contributed by atoms with Crippen LogP contribution in [0.3, 0.4) is 0 Å². The van der Waals surface area contributed by atoms with Crippen molar-refractivity contribution in [2.24, 2.45) is 17.8 Å². The third-order valence-electron chi connectivity index (χ3n) is 10.8. The van der Waals surface area contributed by atoms with Crippen LogP contribution in [0.4, 0.5) is 9.18 Å². The molecule has 0 radical (unpaired) electrons. The van der Waals surface area contributed by atoms with Crippen LogP contribution >= 0.6 is 0 Å². The highest BCUT2D eigenvalue weighted by molar-refractivity contribution is 7.91. The zero-order valence-corrected chi connectivity index (χ0v) is 30.9. The maximum absolute atomic E-state index is 14.9. The number of allylic oxidation sites excluding steroid dienone is 1. The number of amides is 4. The van der Waals surface area contributed by atoms with Crippen LogP contribution in [0.15, 0.2) is 30.4 Å². The van der Waals surface area contributed by atoms with Gasteiger partial charge in [-0.25, -0.2) is 22.6 Å². The Kier molecular flexibility index (Phi) is 10.8. The lowest BCUT2D eigenvalue weighted by molar-refractivity contribution is -0.142. The third kappa shape index (κ3) is 7.99. The molecule has 6 rings (SSSR count). The van der Waals surface area contributed by atoms with Gasteiger partial charge in [0.2, 0.25) is 27.7 Å². The van der Waals surface area contributed by atoms with E-state index in [2.05, 4.69) is 20.3 Å². The topological polar surface area (TPSA) is 203 Å². The number of nitrogens with zero attached hydrogens (tertiary/aromatic N) is 2. The van der Waals surface area contributed by atoms with Crippen LogP contribution < -0.4 is 29.6 Å². The molecule has 4 amide bonds. The van der Waals surface area contributed by atoms with Gasteiger partial charge in [-0.05, 0) is 56.4 Å². The molecule has 2 aromatic rings. The Labute approximate surface area is 307 Å². The minimum Gasteiger partial charge on any atom is -0.494 e. The average molecular weight is 760 g/mol. The third-order valence-corrected chi connectivity index (χ3v) is 12.6. The number of hydrogen-bond acceptors (Lipinski definition) is 10. The zero-order chi connectivity index (χ0) is 38.2. The van der Waals surface area contributed by atoms with E-state index < -0.39 is 80.5 Å². The van der Waals surface area contributed by atoms with Gasteiger partial charge >= 0.3 is 6.09 Å². The molecule has 3 heterocycles. The molecule has 288 valence electrons. The summed E-state index contributed by atoms with van der Waals surface area (Å²) in [6, 6.07) is 1.59. The lowest BCUT2D eigenvalue weighted by Crippen LogP contribution is -2.59. The van der Waals surface area contributed by atoms with Gasteiger partial charge in [-0.3, -0.25) is 19.1 Å². The highest BCUT2D eigenvalue weighted by Crippen LogP contribution is 2.46. The van der Waals surface area contributed by atoms with Crippen LogP contribution in [0, 0.1) is 23.6 Å². The normalized spacial score (nSPS) is 29.2. The number of fused-ring (bicyclic) bond motifs is 3. The second-order valence-electron chi connectivity index (χ2n) is 14.5. The summed E-state index contributed by atoms with van der Waals surface area (Å²) in [4.78, 5) is 60.3. The van der Waals surface area contributed by atoms with Crippen molar-refractivity contribution in [2.75, 3.05) is 20.8 Å². The number of nitrogens with one attached hydrogen (secondary N) is 3. The van der Waals surface area contributed by atoms with E-state index in [1.54, 1.807) is 0 Å². The highest BCUT2D eigenvalue weighted by Gasteiger charge is 2.62. The second kappa shape index (κ2) is 15.0. The maximum atomic E-state index is 14.9. The fraction of sp³-hybridized carbons (Fsp3) is 0.583. The number of ether oxygens (including phenoxy) is 3. The molecule has 17 heteroatoms. The summed E-state index contributed by atoms with van der Waals surface area (Å²) in [5.41, 5.74) is -1.28. The molecule has 1 aromatic heterocycles. The lowest BCUT2D eigenvalue weighted by Gasteiger charge is -2.33. The Hall–Kier alpha value is -4.67. The molecule has 2 aliphatic heterocycles. The van der Waals surface area contributed by atoms with Crippen LogP contribution in [0.2, 0.25) is 0 Å². The number of sulfonamides is 1. The quantitative estimate of drug-likeness (QED) is 0.274. The van der Waals surface area contributed by atoms with E-state index >= 15 is 0 Å². The molecule has 2 aliphatic carbocycles. The first-order valence-corrected chi connectivity index (χ1v) is 19.5. The van der Waals surface area contributed by atoms with Gasteiger partial charge in [0.15, 0.2) is 11.6 Å². The number of pyridine rings is 1. The van der Waals surface area contributed by atoms with E-state index in [1.807, 2.05) is 26.0 Å². The van der Waals surface area contributed by atoms with Crippen molar-refractivity contribution < 1.29 is 51.3 Å². The summed E-state index contributed by atoms with van der Waals surface area (Å²) in [5, 5.41) is 14.7. The first-order valence-electron chi connectivity index (χ1n) is 17.9. The summed E-state index contributed by atoms with van der Waals surface area (Å²) in [6.45, 7) is 3.73. The van der Waals surface area contributed by atoms with Crippen molar-refractivity contribution in [2.45, 2.75) is 94.2 Å². The van der Waals surface area contributed by atoms with Crippen molar-refractivity contribution in [3.63, 3.8) is 0 Å². The molecular formula is C36H46FN5O10S. The fourth-order valence-corrected chi connectivity index (χ4v) is 8.92. The first-order chi connectivity index (χ1) is 25.2. The number of methoxy groups -OCH3 is 2. The van der Waals surface area contributed by atoms with Gasteiger partial charge in [0, 0.05) is 29.9 Å². The minimum atomic E-state index is -3.94. The summed E-state index contributed by atoms with van der Waals surface area (Å²) >= 11 is 0. The molecule has 0 spiro atoms. The highest BCUT2D eigenvalue weighted by atomic mass is 32.2. The van der Waals surface area contributed by atoms with E-state index in [1.165, 1.54) is 37.3 Å². The molecule has 7 atom stereocenters. The number of halogens is 1. The SMILES string of the molecule is CC[C@@H]1C[C@H](C)CCC=C[C@@H]2C[C@@]2(C(=O)NS(=O)(=O)C2CC2)NC(=O)[C@@H]2C[C@@H](Oc3cc(OC)nc4cc(OC)c(F)cc34)CN2C(=O)[C@H]1NC(=O)O. The van der Waals surface area contributed by atoms with E-state index in [0.717, 1.165) is 0 Å². The number of benzene rings is 1. The van der Waals surface area contributed by atoms with Gasteiger partial charge in [0.05, 0.1) is 31.5 Å². The lowest BCUT2D eigenvalue weighted by atomic mass is 9.85. The number of carbonyl (C=O) groups is 4. The van der Waals surface area contributed by atoms with Gasteiger partial charge in [-0.1, -0.05) is 32.4 Å². The average Bonchev–Trinajstić information content (AvgIpc) is 4.04. The zero-order valence-electron chi connectivity index (χ0n) is 30.1. The van der Waals surface area contributed by atoms with E-state index in [-0.39, 0.29) is 48.1 Å². The summed E-state index contributed by atoms with van der Waals surface area (Å²) in [5.74, 6) is -3.44. The number of carboxylic acid groups (broad SMARTS) is 1. The molecule has 1 saturated heterocycles. The Morgan fingerprint density at radius 3 is 2.53 bits per heavy atom. The van der Waals surface area contributed by atoms with Gasteiger partial charge in [0.1, 0.15) is 29.5 Å². The van der Waals surface area contributed by atoms with Gasteiger partial charge < -0.3 is 34.9 Å². The van der Waals surface area contributed by atoms with E-state index in [0.29, 0.717) is 44.0 Å². The number of aromatic nitrogens is 1. The maximum Gasteiger partial charge on any atom is 0.405 e. The Morgan fingerprint density at radius 2 is 1.87 bits per heavy atom. The molecule has 0 unspecified atom stereocenters. The van der Waals surface area contributed by atoms with Crippen molar-refractivity contribution in [1.82, 2.24) is 25.2 Å². The number of rotatable bonds is 9. The van der Waals surface area contributed by atoms with E-state index in [4.69, 9.17) is 14.2 Å². The standard InChI is InChI=1S/C36H46FN5O10S/c1-5-20-12-19(2)8-6-7-9-21-17-36(21,34(45)41-53(48,49)23-10-11-23)40-32(43)27-13-22(18-42(27)33(44)31(20)39-35(46)47)52-28-16-30(51-4)38-26-15-29(50-3)25(37)14-24(26)28/h7,9,14-16,19-23,27,31,39H,5-6,8,10-13,17-18H2,1-4H3,(H,40,43)(H,41,45)(H,46,47)/t19-,20-,21-,22-,27+,31+,36-/m1/s1. The molecule has 1 aromatic carbocycles. The Bertz CT molecular complexity index is 1920. The van der Waals surface area contributed by atoms with Crippen molar-refractivity contribution in [3.05, 3.63) is 36.2 Å². The van der Waals surface area contributed by atoms with Crippen molar-refractivity contribution in [3.8, 4) is 17.4 Å². The molecule has 53 heavy (non-hydrogen) atoms. The smallest absolute Gasteiger partial charge is 0.405 e. The van der Waals surface area contributed by atoms with Crippen LogP contribution in [0.5, 0.6) is 17.4 Å². The van der Waals surface area contributed by atoms with Crippen LogP contribution in [-0.4, -0.2) is 97.0 Å². The molecular weight excluding hydrogens is 713 g/mol. The van der Waals surface area contributed by atoms with Gasteiger partial charge in [0.25, 0.3) is 5.91 Å². The summed E-state index contributed by atoms with van der Waals surface area (Å²) < 4.78 is 59.6. The predicted octanol–water partition coefficient (Wildman–Crippen LogP) is 3.26. The number of carbonyl (C=O) groups excluding carboxylic acids is 3. The monoisotopic (exact) mass is 759 g/mol. The second-order valence-corrected chi connectivity index (χ2v) is 16.5. The molecule has 15 nitrogen and oxygen atoms in total. The summed E-state index contributed by atoms with van der Waals surface area (Å²) in [6.07, 6.45) is 4.74. The van der Waals surface area contributed by atoms with Crippen LogP contribution in [0.1, 0.15) is 65.2 Å².